The first-order valence-corrected chi connectivity index (χ1v) is 9.12. The zero-order valence-corrected chi connectivity index (χ0v) is 16.1. The van der Waals surface area contributed by atoms with Gasteiger partial charge in [0.25, 0.3) is 11.8 Å². The number of unbranched alkanes of at least 4 members (excludes halogenated alkanes) is 1. The number of rotatable bonds is 6. The lowest BCUT2D eigenvalue weighted by atomic mass is 9.86. The van der Waals surface area contributed by atoms with Gasteiger partial charge in [-0.2, -0.15) is 0 Å². The number of hydrogen-bond donors (Lipinski definition) is 2. The molecule has 0 atom stereocenters. The minimum Gasteiger partial charge on any atom is -0.352 e. The van der Waals surface area contributed by atoms with E-state index in [0.29, 0.717) is 17.7 Å². The third-order valence-corrected chi connectivity index (χ3v) is 4.19. The first-order valence-electron chi connectivity index (χ1n) is 9.12. The molecule has 0 spiro atoms. The maximum absolute atomic E-state index is 12.7. The van der Waals surface area contributed by atoms with Crippen LogP contribution in [0.1, 0.15) is 66.8 Å². The van der Waals surface area contributed by atoms with Gasteiger partial charge in [-0.15, -0.1) is 0 Å². The van der Waals surface area contributed by atoms with E-state index < -0.39 is 0 Å². The van der Waals surface area contributed by atoms with Crippen molar-refractivity contribution in [1.82, 2.24) is 5.32 Å². The van der Waals surface area contributed by atoms with E-state index in [1.807, 2.05) is 24.3 Å². The summed E-state index contributed by atoms with van der Waals surface area (Å²) >= 11 is 0. The van der Waals surface area contributed by atoms with Crippen molar-refractivity contribution >= 4 is 17.5 Å². The Kier molecular flexibility index (Phi) is 6.56. The highest BCUT2D eigenvalue weighted by molar-refractivity contribution is 6.06. The second-order valence-corrected chi connectivity index (χ2v) is 7.44. The molecule has 2 N–H and O–H groups in total. The van der Waals surface area contributed by atoms with Crippen LogP contribution in [-0.2, 0) is 5.41 Å². The van der Waals surface area contributed by atoms with Crippen LogP contribution in [0.2, 0.25) is 0 Å². The molecule has 2 amide bonds. The summed E-state index contributed by atoms with van der Waals surface area (Å²) in [5, 5.41) is 5.86. The predicted molar refractivity (Wildman–Crippen MR) is 107 cm³/mol. The quantitative estimate of drug-likeness (QED) is 0.736. The van der Waals surface area contributed by atoms with E-state index in [1.165, 1.54) is 0 Å². The number of hydrogen-bond acceptors (Lipinski definition) is 2. The van der Waals surface area contributed by atoms with Crippen LogP contribution in [0.5, 0.6) is 0 Å². The number of carbonyl (C=O) groups is 2. The van der Waals surface area contributed by atoms with Crippen LogP contribution in [0.15, 0.2) is 48.5 Å². The molecule has 0 unspecified atom stereocenters. The fourth-order valence-electron chi connectivity index (χ4n) is 2.72. The van der Waals surface area contributed by atoms with E-state index in [2.05, 4.69) is 38.3 Å². The zero-order valence-electron chi connectivity index (χ0n) is 16.1. The lowest BCUT2D eigenvalue weighted by Gasteiger charge is -2.23. The predicted octanol–water partition coefficient (Wildman–Crippen LogP) is 4.77. The highest BCUT2D eigenvalue weighted by atomic mass is 16.2. The van der Waals surface area contributed by atoms with Crippen molar-refractivity contribution in [1.29, 1.82) is 0 Å². The maximum Gasteiger partial charge on any atom is 0.255 e. The van der Waals surface area contributed by atoms with Gasteiger partial charge in [0.15, 0.2) is 0 Å². The van der Waals surface area contributed by atoms with Crippen molar-refractivity contribution in [3.63, 3.8) is 0 Å². The molecule has 0 aromatic heterocycles. The van der Waals surface area contributed by atoms with Gasteiger partial charge >= 0.3 is 0 Å². The fraction of sp³-hybridized carbons (Fsp3) is 0.364. The second-order valence-electron chi connectivity index (χ2n) is 7.44. The Morgan fingerprint density at radius 3 is 2.23 bits per heavy atom. The Bertz CT molecular complexity index is 776. The summed E-state index contributed by atoms with van der Waals surface area (Å²) in [4.78, 5) is 24.9. The third kappa shape index (κ3) is 5.19. The molecule has 0 heterocycles. The van der Waals surface area contributed by atoms with Crippen molar-refractivity contribution in [3.8, 4) is 0 Å². The summed E-state index contributed by atoms with van der Waals surface area (Å²) in [5.74, 6) is -0.368. The monoisotopic (exact) mass is 352 g/mol. The van der Waals surface area contributed by atoms with Crippen LogP contribution in [0.3, 0.4) is 0 Å². The van der Waals surface area contributed by atoms with E-state index >= 15 is 0 Å². The summed E-state index contributed by atoms with van der Waals surface area (Å²) in [5.41, 5.74) is 2.75. The molecule has 4 heteroatoms. The number of para-hydroxylation sites is 1. The number of nitrogens with one attached hydrogen (secondary N) is 2. The van der Waals surface area contributed by atoms with Gasteiger partial charge in [-0.1, -0.05) is 58.4 Å². The van der Waals surface area contributed by atoms with E-state index in [0.717, 1.165) is 24.1 Å². The van der Waals surface area contributed by atoms with Crippen LogP contribution >= 0.6 is 0 Å². The van der Waals surface area contributed by atoms with Gasteiger partial charge in [0.2, 0.25) is 0 Å². The number of benzene rings is 2. The topological polar surface area (TPSA) is 58.2 Å². The van der Waals surface area contributed by atoms with Crippen molar-refractivity contribution in [2.75, 3.05) is 11.9 Å². The second kappa shape index (κ2) is 8.65. The minimum absolute atomic E-state index is 0.0785. The van der Waals surface area contributed by atoms with E-state index in [9.17, 15) is 9.59 Å². The van der Waals surface area contributed by atoms with Gasteiger partial charge in [-0.25, -0.2) is 0 Å². The molecule has 138 valence electrons. The Morgan fingerprint density at radius 1 is 0.923 bits per heavy atom. The summed E-state index contributed by atoms with van der Waals surface area (Å²) in [7, 11) is 0. The van der Waals surface area contributed by atoms with Gasteiger partial charge in [-0.3, -0.25) is 9.59 Å². The standard InChI is InChI=1S/C22H28N2O2/c1-5-6-14-23-20(25)16-10-9-11-17(15-16)21(26)24-19-13-8-7-12-18(19)22(2,3)4/h7-13,15H,5-6,14H2,1-4H3,(H,23,25)(H,24,26). The first-order chi connectivity index (χ1) is 12.3. The summed E-state index contributed by atoms with van der Waals surface area (Å²) < 4.78 is 0. The maximum atomic E-state index is 12.7. The molecule has 2 aromatic carbocycles. The van der Waals surface area contributed by atoms with Gasteiger partial charge in [0.05, 0.1) is 0 Å². The van der Waals surface area contributed by atoms with Crippen LogP contribution < -0.4 is 10.6 Å². The minimum atomic E-state index is -0.218. The van der Waals surface area contributed by atoms with Gasteiger partial charge < -0.3 is 10.6 Å². The number of carbonyl (C=O) groups excluding carboxylic acids is 2. The van der Waals surface area contributed by atoms with E-state index in [-0.39, 0.29) is 17.2 Å². The van der Waals surface area contributed by atoms with Gasteiger partial charge in [-0.05, 0) is 41.7 Å². The number of anilines is 1. The Hall–Kier alpha value is -2.62. The molecular formula is C22H28N2O2. The highest BCUT2D eigenvalue weighted by Crippen LogP contribution is 2.29. The molecule has 0 aliphatic carbocycles. The van der Waals surface area contributed by atoms with E-state index in [4.69, 9.17) is 0 Å². The lowest BCUT2D eigenvalue weighted by molar-refractivity contribution is 0.0953. The molecule has 0 saturated carbocycles. The Balaban J connectivity index is 2.16. The van der Waals surface area contributed by atoms with Crippen LogP contribution in [-0.4, -0.2) is 18.4 Å². The third-order valence-electron chi connectivity index (χ3n) is 4.19. The molecule has 0 bridgehead atoms. The van der Waals surface area contributed by atoms with Gasteiger partial charge in [0.1, 0.15) is 0 Å². The van der Waals surface area contributed by atoms with Gasteiger partial charge in [0, 0.05) is 23.4 Å². The average molecular weight is 352 g/mol. The van der Waals surface area contributed by atoms with Crippen molar-refractivity contribution < 1.29 is 9.59 Å². The average Bonchev–Trinajstić information content (AvgIpc) is 2.61. The Labute approximate surface area is 156 Å². The molecule has 4 nitrogen and oxygen atoms in total. The zero-order chi connectivity index (χ0) is 19.2. The molecule has 0 radical (unpaired) electrons. The van der Waals surface area contributed by atoms with Crippen molar-refractivity contribution in [3.05, 3.63) is 65.2 Å². The van der Waals surface area contributed by atoms with Crippen LogP contribution in [0, 0.1) is 0 Å². The lowest BCUT2D eigenvalue weighted by Crippen LogP contribution is -2.25. The highest BCUT2D eigenvalue weighted by Gasteiger charge is 2.19. The summed E-state index contributed by atoms with van der Waals surface area (Å²) in [6, 6.07) is 14.6. The molecule has 2 aromatic rings. The van der Waals surface area contributed by atoms with Crippen molar-refractivity contribution in [2.24, 2.45) is 0 Å². The first kappa shape index (κ1) is 19.7. The normalized spacial score (nSPS) is 11.1. The van der Waals surface area contributed by atoms with Crippen LogP contribution in [0.25, 0.3) is 0 Å². The fourth-order valence-corrected chi connectivity index (χ4v) is 2.72. The Morgan fingerprint density at radius 2 is 1.58 bits per heavy atom. The molecule has 2 rings (SSSR count). The molecular weight excluding hydrogens is 324 g/mol. The molecule has 0 aliphatic heterocycles. The van der Waals surface area contributed by atoms with Crippen LogP contribution in [0.4, 0.5) is 5.69 Å². The smallest absolute Gasteiger partial charge is 0.255 e. The largest absolute Gasteiger partial charge is 0.352 e. The SMILES string of the molecule is CCCCNC(=O)c1cccc(C(=O)Nc2ccccc2C(C)(C)C)c1. The molecule has 0 saturated heterocycles. The summed E-state index contributed by atoms with van der Waals surface area (Å²) in [6.07, 6.45) is 1.96. The van der Waals surface area contributed by atoms with Crippen molar-refractivity contribution in [2.45, 2.75) is 46.0 Å². The molecule has 0 aliphatic rings. The number of amides is 2. The van der Waals surface area contributed by atoms with E-state index in [1.54, 1.807) is 24.3 Å². The molecule has 0 fully saturated rings. The molecule has 26 heavy (non-hydrogen) atoms. The summed E-state index contributed by atoms with van der Waals surface area (Å²) in [6.45, 7) is 9.05.